The number of rotatable bonds is 0. The summed E-state index contributed by atoms with van der Waals surface area (Å²) in [6, 6.07) is 4.30. The van der Waals surface area contributed by atoms with Gasteiger partial charge in [0.25, 0.3) is 0 Å². The minimum atomic E-state index is -1.50. The van der Waals surface area contributed by atoms with Crippen LogP contribution in [0.3, 0.4) is 0 Å². The summed E-state index contributed by atoms with van der Waals surface area (Å²) in [5.74, 6) is -0.0204. The fraction of sp³-hybridized carbons (Fsp3) is 0.143. The van der Waals surface area contributed by atoms with Crippen molar-refractivity contribution in [3.05, 3.63) is 23.8 Å². The first kappa shape index (κ1) is 9.78. The molecule has 0 atom stereocenters. The molecule has 0 aliphatic rings. The van der Waals surface area contributed by atoms with Crippen molar-refractivity contribution in [3.8, 4) is 5.75 Å². The van der Waals surface area contributed by atoms with Crippen molar-refractivity contribution in [2.75, 3.05) is 5.73 Å². The Labute approximate surface area is 84.8 Å². The summed E-state index contributed by atoms with van der Waals surface area (Å²) in [6.07, 6.45) is 0. The van der Waals surface area contributed by atoms with Crippen LogP contribution >= 0.6 is 34.8 Å². The molecule has 0 saturated carbocycles. The zero-order valence-corrected chi connectivity index (χ0v) is 8.16. The zero-order chi connectivity index (χ0) is 9.35. The van der Waals surface area contributed by atoms with Gasteiger partial charge in [-0.3, -0.25) is 0 Å². The number of hydrogen-bond donors (Lipinski definition) is 2. The topological polar surface area (TPSA) is 46.2 Å². The third-order valence-electron chi connectivity index (χ3n) is 1.35. The number of phenolic OH excluding ortho intramolecular Hbond substituents is 1. The number of aromatic hydroxyl groups is 1. The van der Waals surface area contributed by atoms with Crippen LogP contribution in [0, 0.1) is 0 Å². The summed E-state index contributed by atoms with van der Waals surface area (Å²) in [6.45, 7) is 0. The predicted molar refractivity (Wildman–Crippen MR) is 51.8 cm³/mol. The Kier molecular flexibility index (Phi) is 2.61. The SMILES string of the molecule is Nc1cc(C(Cl)(Cl)Cl)ccc1O. The molecule has 2 nitrogen and oxygen atoms in total. The Hall–Kier alpha value is -0.310. The third kappa shape index (κ3) is 2.09. The number of alkyl halides is 3. The maximum absolute atomic E-state index is 9.06. The first-order valence-corrected chi connectivity index (χ1v) is 4.20. The minimum absolute atomic E-state index is 0.0204. The lowest BCUT2D eigenvalue weighted by molar-refractivity contribution is 0.478. The highest BCUT2D eigenvalue weighted by Crippen LogP contribution is 2.39. The standard InChI is InChI=1S/C7H6Cl3NO/c8-7(9,10)4-1-2-6(12)5(11)3-4/h1-3,12H,11H2. The minimum Gasteiger partial charge on any atom is -0.506 e. The van der Waals surface area contributed by atoms with E-state index in [-0.39, 0.29) is 11.4 Å². The molecule has 0 unspecified atom stereocenters. The van der Waals surface area contributed by atoms with Crippen LogP contribution in [0.4, 0.5) is 5.69 Å². The van der Waals surface area contributed by atoms with Gasteiger partial charge in [0.05, 0.1) is 5.69 Å². The van der Waals surface area contributed by atoms with E-state index in [9.17, 15) is 0 Å². The Morgan fingerprint density at radius 2 is 1.83 bits per heavy atom. The van der Waals surface area contributed by atoms with Crippen molar-refractivity contribution in [1.29, 1.82) is 0 Å². The first-order valence-electron chi connectivity index (χ1n) is 3.07. The summed E-state index contributed by atoms with van der Waals surface area (Å²) in [5, 5.41) is 9.06. The molecule has 0 saturated heterocycles. The molecule has 0 heterocycles. The van der Waals surface area contributed by atoms with Crippen LogP contribution in [0.2, 0.25) is 0 Å². The van der Waals surface area contributed by atoms with E-state index in [1.54, 1.807) is 0 Å². The number of halogens is 3. The number of nitrogen functional groups attached to an aromatic ring is 1. The van der Waals surface area contributed by atoms with Crippen molar-refractivity contribution in [3.63, 3.8) is 0 Å². The number of phenols is 1. The molecule has 1 aromatic carbocycles. The molecule has 0 aromatic heterocycles. The second-order valence-corrected chi connectivity index (χ2v) is 4.55. The highest BCUT2D eigenvalue weighted by Gasteiger charge is 2.23. The lowest BCUT2D eigenvalue weighted by Crippen LogP contribution is -2.00. The average molecular weight is 226 g/mol. The fourth-order valence-electron chi connectivity index (χ4n) is 0.731. The largest absolute Gasteiger partial charge is 0.506 e. The van der Waals surface area contributed by atoms with E-state index >= 15 is 0 Å². The van der Waals surface area contributed by atoms with E-state index in [0.717, 1.165) is 0 Å². The number of hydrogen-bond acceptors (Lipinski definition) is 2. The monoisotopic (exact) mass is 225 g/mol. The highest BCUT2D eigenvalue weighted by molar-refractivity contribution is 6.66. The van der Waals surface area contributed by atoms with Gasteiger partial charge in [0, 0.05) is 5.56 Å². The van der Waals surface area contributed by atoms with E-state index in [0.29, 0.717) is 5.56 Å². The molecule has 0 spiro atoms. The molecule has 0 fully saturated rings. The van der Waals surface area contributed by atoms with Gasteiger partial charge in [0.2, 0.25) is 3.79 Å². The van der Waals surface area contributed by atoms with Crippen molar-refractivity contribution in [2.45, 2.75) is 3.79 Å². The fourth-order valence-corrected chi connectivity index (χ4v) is 1.08. The molecule has 0 aliphatic carbocycles. The van der Waals surface area contributed by atoms with E-state index in [4.69, 9.17) is 45.6 Å². The van der Waals surface area contributed by atoms with Gasteiger partial charge in [0.1, 0.15) is 5.75 Å². The molecule has 1 rings (SSSR count). The van der Waals surface area contributed by atoms with E-state index in [1.807, 2.05) is 0 Å². The van der Waals surface area contributed by atoms with Gasteiger partial charge in [-0.25, -0.2) is 0 Å². The molecule has 3 N–H and O–H groups in total. The van der Waals surface area contributed by atoms with E-state index in [1.165, 1.54) is 18.2 Å². The molecular formula is C7H6Cl3NO. The third-order valence-corrected chi connectivity index (χ3v) is 2.01. The molecule has 0 aliphatic heterocycles. The predicted octanol–water partition coefficient (Wildman–Crippen LogP) is 2.80. The van der Waals surface area contributed by atoms with Crippen LogP contribution in [0.1, 0.15) is 5.56 Å². The van der Waals surface area contributed by atoms with Crippen molar-refractivity contribution >= 4 is 40.5 Å². The van der Waals surface area contributed by atoms with Crippen molar-refractivity contribution in [2.24, 2.45) is 0 Å². The number of anilines is 1. The summed E-state index contributed by atoms with van der Waals surface area (Å²) in [4.78, 5) is 0. The Balaban J connectivity index is 3.14. The summed E-state index contributed by atoms with van der Waals surface area (Å²) < 4.78 is -1.50. The molecule has 1 aromatic rings. The highest BCUT2D eigenvalue weighted by atomic mass is 35.6. The van der Waals surface area contributed by atoms with E-state index < -0.39 is 3.79 Å². The van der Waals surface area contributed by atoms with Gasteiger partial charge in [-0.05, 0) is 12.1 Å². The lowest BCUT2D eigenvalue weighted by Gasteiger charge is -2.11. The van der Waals surface area contributed by atoms with Crippen LogP contribution in [0.5, 0.6) is 5.75 Å². The molecule has 5 heteroatoms. The van der Waals surface area contributed by atoms with Crippen molar-refractivity contribution < 1.29 is 5.11 Å². The molecule has 12 heavy (non-hydrogen) atoms. The summed E-state index contributed by atoms with van der Waals surface area (Å²) in [7, 11) is 0. The second kappa shape index (κ2) is 3.21. The Bertz CT molecular complexity index is 295. The van der Waals surface area contributed by atoms with Gasteiger partial charge in [0.15, 0.2) is 0 Å². The van der Waals surface area contributed by atoms with Crippen LogP contribution < -0.4 is 5.73 Å². The van der Waals surface area contributed by atoms with Crippen LogP contribution in [0.25, 0.3) is 0 Å². The maximum atomic E-state index is 9.06. The van der Waals surface area contributed by atoms with Crippen molar-refractivity contribution in [1.82, 2.24) is 0 Å². The smallest absolute Gasteiger partial charge is 0.216 e. The molecular weight excluding hydrogens is 220 g/mol. The number of benzene rings is 1. The van der Waals surface area contributed by atoms with Gasteiger partial charge >= 0.3 is 0 Å². The Morgan fingerprint density at radius 3 is 2.25 bits per heavy atom. The first-order chi connectivity index (χ1) is 5.41. The number of nitrogens with two attached hydrogens (primary N) is 1. The molecule has 0 radical (unpaired) electrons. The second-order valence-electron chi connectivity index (χ2n) is 2.27. The van der Waals surface area contributed by atoms with Gasteiger partial charge in [-0.1, -0.05) is 40.9 Å². The maximum Gasteiger partial charge on any atom is 0.216 e. The normalized spacial score (nSPS) is 11.6. The quantitative estimate of drug-likeness (QED) is 0.406. The van der Waals surface area contributed by atoms with Gasteiger partial charge in [-0.15, -0.1) is 0 Å². The van der Waals surface area contributed by atoms with Crippen LogP contribution in [-0.4, -0.2) is 5.11 Å². The van der Waals surface area contributed by atoms with Crippen LogP contribution in [0.15, 0.2) is 18.2 Å². The van der Waals surface area contributed by atoms with Gasteiger partial charge < -0.3 is 10.8 Å². The summed E-state index contributed by atoms with van der Waals surface area (Å²) in [5.41, 5.74) is 6.02. The molecule has 66 valence electrons. The summed E-state index contributed by atoms with van der Waals surface area (Å²) >= 11 is 16.7. The Morgan fingerprint density at radius 1 is 1.25 bits per heavy atom. The van der Waals surface area contributed by atoms with E-state index in [2.05, 4.69) is 0 Å². The van der Waals surface area contributed by atoms with Crippen LogP contribution in [-0.2, 0) is 3.79 Å². The molecule has 0 amide bonds. The zero-order valence-electron chi connectivity index (χ0n) is 5.89. The molecule has 0 bridgehead atoms. The average Bonchev–Trinajstić information content (AvgIpc) is 1.92. The van der Waals surface area contributed by atoms with Gasteiger partial charge in [-0.2, -0.15) is 0 Å². The lowest BCUT2D eigenvalue weighted by atomic mass is 10.2.